The van der Waals surface area contributed by atoms with Gasteiger partial charge >= 0.3 is 0 Å². The van der Waals surface area contributed by atoms with Gasteiger partial charge in [0.25, 0.3) is 5.91 Å². The van der Waals surface area contributed by atoms with Gasteiger partial charge in [0.05, 0.1) is 5.52 Å². The summed E-state index contributed by atoms with van der Waals surface area (Å²) in [5.74, 6) is 0.0427. The number of aromatic nitrogens is 1. The van der Waals surface area contributed by atoms with Gasteiger partial charge in [-0.05, 0) is 42.5 Å². The van der Waals surface area contributed by atoms with Crippen molar-refractivity contribution in [2.45, 2.75) is 0 Å². The van der Waals surface area contributed by atoms with Gasteiger partial charge in [-0.1, -0.05) is 42.5 Å². The summed E-state index contributed by atoms with van der Waals surface area (Å²) in [5.41, 5.74) is 4.50. The molecule has 1 fully saturated rings. The van der Waals surface area contributed by atoms with Gasteiger partial charge < -0.3 is 19.7 Å². The Bertz CT molecular complexity index is 1260. The molecule has 1 aliphatic heterocycles. The van der Waals surface area contributed by atoms with Gasteiger partial charge in [-0.2, -0.15) is 0 Å². The van der Waals surface area contributed by atoms with Gasteiger partial charge in [-0.25, -0.2) is 0 Å². The first kappa shape index (κ1) is 19.9. The zero-order chi connectivity index (χ0) is 21.9. The molecule has 1 aromatic heterocycles. The number of benzene rings is 3. The largest absolute Gasteiger partial charge is 0.368 e. The van der Waals surface area contributed by atoms with E-state index in [1.54, 1.807) is 0 Å². The van der Waals surface area contributed by atoms with Crippen molar-refractivity contribution in [1.29, 1.82) is 0 Å². The van der Waals surface area contributed by atoms with E-state index in [2.05, 4.69) is 20.9 Å². The highest BCUT2D eigenvalue weighted by atomic mass is 16.2. The van der Waals surface area contributed by atoms with Crippen LogP contribution in [-0.4, -0.2) is 48.0 Å². The molecule has 6 heteroatoms. The fourth-order valence-corrected chi connectivity index (χ4v) is 4.36. The molecule has 1 N–H and O–H groups in total. The Morgan fingerprint density at radius 1 is 0.781 bits per heavy atom. The maximum atomic E-state index is 13.6. The summed E-state index contributed by atoms with van der Waals surface area (Å²) in [6.07, 6.45) is 0.682. The lowest BCUT2D eigenvalue weighted by molar-refractivity contribution is -0.105. The number of piperazine rings is 1. The number of nitrogens with one attached hydrogen (secondary N) is 1. The summed E-state index contributed by atoms with van der Waals surface area (Å²) >= 11 is 0. The van der Waals surface area contributed by atoms with E-state index < -0.39 is 0 Å². The van der Waals surface area contributed by atoms with E-state index in [4.69, 9.17) is 0 Å². The van der Waals surface area contributed by atoms with E-state index in [0.29, 0.717) is 25.2 Å². The Morgan fingerprint density at radius 3 is 2.28 bits per heavy atom. The molecule has 0 spiro atoms. The zero-order valence-electron chi connectivity index (χ0n) is 17.6. The Kier molecular flexibility index (Phi) is 5.34. The van der Waals surface area contributed by atoms with Crippen molar-refractivity contribution in [2.75, 3.05) is 36.4 Å². The molecule has 0 atom stereocenters. The minimum Gasteiger partial charge on any atom is -0.368 e. The van der Waals surface area contributed by atoms with Crippen molar-refractivity contribution < 1.29 is 9.59 Å². The first-order chi connectivity index (χ1) is 15.7. The van der Waals surface area contributed by atoms with Gasteiger partial charge in [0, 0.05) is 48.6 Å². The quantitative estimate of drug-likeness (QED) is 0.490. The SMILES string of the molecule is O=CNc1cccc(N2CCN(C(=O)c3cc4ccccc4n3-c3ccccc3)CC2)c1. The van der Waals surface area contributed by atoms with Crippen molar-refractivity contribution in [3.63, 3.8) is 0 Å². The molecule has 1 aliphatic rings. The highest BCUT2D eigenvalue weighted by molar-refractivity contribution is 6.00. The first-order valence-electron chi connectivity index (χ1n) is 10.7. The lowest BCUT2D eigenvalue weighted by Gasteiger charge is -2.36. The van der Waals surface area contributed by atoms with E-state index >= 15 is 0 Å². The minimum absolute atomic E-state index is 0.0427. The first-order valence-corrected chi connectivity index (χ1v) is 10.7. The molecule has 2 heterocycles. The van der Waals surface area contributed by atoms with E-state index in [-0.39, 0.29) is 5.91 Å². The molecule has 1 saturated heterocycles. The molecule has 32 heavy (non-hydrogen) atoms. The summed E-state index contributed by atoms with van der Waals surface area (Å²) in [4.78, 5) is 28.5. The predicted molar refractivity (Wildman–Crippen MR) is 128 cm³/mol. The Morgan fingerprint density at radius 2 is 1.50 bits per heavy atom. The van der Waals surface area contributed by atoms with Crippen LogP contribution in [0.5, 0.6) is 0 Å². The monoisotopic (exact) mass is 424 g/mol. The molecule has 0 aliphatic carbocycles. The second kappa shape index (κ2) is 8.59. The molecule has 0 radical (unpaired) electrons. The second-order valence-corrected chi connectivity index (χ2v) is 7.85. The minimum atomic E-state index is 0.0427. The van der Waals surface area contributed by atoms with E-state index in [1.807, 2.05) is 83.8 Å². The number of nitrogens with zero attached hydrogens (tertiary/aromatic N) is 3. The number of amides is 2. The van der Waals surface area contributed by atoms with Gasteiger partial charge in [-0.3, -0.25) is 9.59 Å². The van der Waals surface area contributed by atoms with E-state index in [0.717, 1.165) is 41.1 Å². The summed E-state index contributed by atoms with van der Waals surface area (Å²) < 4.78 is 2.05. The number of hydrogen-bond acceptors (Lipinski definition) is 3. The van der Waals surface area contributed by atoms with Crippen LogP contribution in [0.25, 0.3) is 16.6 Å². The number of carbonyl (C=O) groups excluding carboxylic acids is 2. The van der Waals surface area contributed by atoms with Crippen LogP contribution in [0, 0.1) is 0 Å². The van der Waals surface area contributed by atoms with Crippen LogP contribution >= 0.6 is 0 Å². The van der Waals surface area contributed by atoms with Crippen LogP contribution in [0.3, 0.4) is 0 Å². The Hall–Kier alpha value is -4.06. The van der Waals surface area contributed by atoms with E-state index in [1.165, 1.54) is 0 Å². The number of hydrogen-bond donors (Lipinski definition) is 1. The maximum Gasteiger partial charge on any atom is 0.270 e. The molecule has 0 unspecified atom stereocenters. The zero-order valence-corrected chi connectivity index (χ0v) is 17.6. The molecular formula is C26H24N4O2. The van der Waals surface area contributed by atoms with Crippen molar-refractivity contribution in [3.05, 3.63) is 90.6 Å². The standard InChI is InChI=1S/C26H24N4O2/c31-19-27-21-8-6-11-23(18-21)28-13-15-29(16-14-28)26(32)25-17-20-7-4-5-12-24(20)30(25)22-9-2-1-3-10-22/h1-12,17-19H,13-16H2,(H,27,31). The molecule has 160 valence electrons. The predicted octanol–water partition coefficient (Wildman–Crippen LogP) is 4.16. The Balaban J connectivity index is 1.39. The van der Waals surface area contributed by atoms with Gasteiger partial charge in [-0.15, -0.1) is 0 Å². The van der Waals surface area contributed by atoms with Crippen LogP contribution in [0.1, 0.15) is 10.5 Å². The molecule has 0 saturated carbocycles. The molecule has 6 nitrogen and oxygen atoms in total. The van der Waals surface area contributed by atoms with Crippen molar-refractivity contribution in [1.82, 2.24) is 9.47 Å². The summed E-state index contributed by atoms with van der Waals surface area (Å²) in [5, 5.41) is 3.75. The number of anilines is 2. The third kappa shape index (κ3) is 3.71. The lowest BCUT2D eigenvalue weighted by atomic mass is 10.2. The maximum absolute atomic E-state index is 13.6. The van der Waals surface area contributed by atoms with Crippen LogP contribution in [0.4, 0.5) is 11.4 Å². The third-order valence-electron chi connectivity index (χ3n) is 5.95. The number of rotatable bonds is 5. The topological polar surface area (TPSA) is 57.6 Å². The van der Waals surface area contributed by atoms with Crippen LogP contribution < -0.4 is 10.2 Å². The normalized spacial score (nSPS) is 13.9. The molecule has 5 rings (SSSR count). The van der Waals surface area contributed by atoms with Crippen LogP contribution in [0.2, 0.25) is 0 Å². The fraction of sp³-hybridized carbons (Fsp3) is 0.154. The summed E-state index contributed by atoms with van der Waals surface area (Å²) in [6.45, 7) is 2.75. The van der Waals surface area contributed by atoms with Gasteiger partial charge in [0.2, 0.25) is 6.41 Å². The van der Waals surface area contributed by atoms with Crippen LogP contribution in [-0.2, 0) is 4.79 Å². The molecule has 3 aromatic carbocycles. The van der Waals surface area contributed by atoms with Gasteiger partial charge in [0.15, 0.2) is 0 Å². The number of carbonyl (C=O) groups is 2. The van der Waals surface area contributed by atoms with Crippen molar-refractivity contribution in [2.24, 2.45) is 0 Å². The third-order valence-corrected chi connectivity index (χ3v) is 5.95. The van der Waals surface area contributed by atoms with Crippen molar-refractivity contribution in [3.8, 4) is 5.69 Å². The average molecular weight is 425 g/mol. The lowest BCUT2D eigenvalue weighted by Crippen LogP contribution is -2.49. The fourth-order valence-electron chi connectivity index (χ4n) is 4.36. The Labute approximate surface area is 186 Å². The van der Waals surface area contributed by atoms with E-state index in [9.17, 15) is 9.59 Å². The number of fused-ring (bicyclic) bond motifs is 1. The summed E-state index contributed by atoms with van der Waals surface area (Å²) in [6, 6.07) is 27.9. The molecular weight excluding hydrogens is 400 g/mol. The smallest absolute Gasteiger partial charge is 0.270 e. The molecule has 4 aromatic rings. The highest BCUT2D eigenvalue weighted by Crippen LogP contribution is 2.26. The second-order valence-electron chi connectivity index (χ2n) is 7.85. The van der Waals surface area contributed by atoms with Gasteiger partial charge in [0.1, 0.15) is 5.69 Å². The van der Waals surface area contributed by atoms with Crippen LogP contribution in [0.15, 0.2) is 84.9 Å². The average Bonchev–Trinajstić information content (AvgIpc) is 3.24. The molecule has 2 amide bonds. The number of para-hydroxylation sites is 2. The summed E-state index contributed by atoms with van der Waals surface area (Å²) in [7, 11) is 0. The van der Waals surface area contributed by atoms with Crippen molar-refractivity contribution >= 4 is 34.6 Å². The highest BCUT2D eigenvalue weighted by Gasteiger charge is 2.26. The molecule has 0 bridgehead atoms.